The minimum absolute atomic E-state index is 0.102. The summed E-state index contributed by atoms with van der Waals surface area (Å²) in [6.07, 6.45) is -19.8. The fourth-order valence-corrected chi connectivity index (χ4v) is 4.56. The van der Waals surface area contributed by atoms with Crippen molar-refractivity contribution in [3.8, 4) is 0 Å². The first-order chi connectivity index (χ1) is 17.1. The fourth-order valence-electron chi connectivity index (χ4n) is 4.56. The van der Waals surface area contributed by atoms with Gasteiger partial charge in [-0.1, -0.05) is 20.8 Å². The Labute approximate surface area is 215 Å². The molecule has 0 spiro atoms. The largest absolute Gasteiger partial charge is 0.394 e. The Hall–Kier alpha value is -0.560. The van der Waals surface area contributed by atoms with Crippen molar-refractivity contribution in [1.29, 1.82) is 0 Å². The molecule has 1 saturated carbocycles. The van der Waals surface area contributed by atoms with Gasteiger partial charge in [0.05, 0.1) is 38.1 Å². The van der Waals surface area contributed by atoms with Crippen molar-refractivity contribution >= 4 is 0 Å². The zero-order chi connectivity index (χ0) is 28.2. The molecule has 14 nitrogen and oxygen atoms in total. The maximum Gasteiger partial charge on any atom is 0.186 e. The molecular formula is C23H44O14. The summed E-state index contributed by atoms with van der Waals surface area (Å²) in [5.74, 6) is -0.878. The van der Waals surface area contributed by atoms with Gasteiger partial charge in [0.2, 0.25) is 0 Å². The number of rotatable bonds is 11. The van der Waals surface area contributed by atoms with Gasteiger partial charge in [-0.2, -0.15) is 0 Å². The van der Waals surface area contributed by atoms with Gasteiger partial charge >= 0.3 is 0 Å². The first-order valence-corrected chi connectivity index (χ1v) is 12.4. The average Bonchev–Trinajstić information content (AvgIpc) is 2.83. The summed E-state index contributed by atoms with van der Waals surface area (Å²) >= 11 is 0. The second kappa shape index (κ2) is 13.7. The molecule has 1 heterocycles. The predicted molar refractivity (Wildman–Crippen MR) is 124 cm³/mol. The Morgan fingerprint density at radius 2 is 1.32 bits per heavy atom. The lowest BCUT2D eigenvalue weighted by Gasteiger charge is -2.43. The molecule has 2 rings (SSSR count). The topological polar surface area (TPSA) is 250 Å². The standard InChI is InChI=1S/C23H44O14/c1-23(2,3)5-10(25)15(28)16(29)11(26)8-35-12-4-9(14(27)19(32)17(12)30)7-36-22-21(34)20(33)18(31)13(6-24)37-22/h9-22,24-34H,4-8H2,1-3H3/t9-,10+,11?,12-,13-,14-,15-,16-,17+,18-,19+,20+,21-,22-/m1/s1. The second-order valence-electron chi connectivity index (χ2n) is 11.3. The number of hydrogen-bond donors (Lipinski definition) is 11. The summed E-state index contributed by atoms with van der Waals surface area (Å²) in [5.41, 5.74) is -0.350. The molecule has 1 aliphatic heterocycles. The van der Waals surface area contributed by atoms with E-state index in [2.05, 4.69) is 0 Å². The van der Waals surface area contributed by atoms with Crippen LogP contribution in [0.4, 0.5) is 0 Å². The maximum absolute atomic E-state index is 10.4. The summed E-state index contributed by atoms with van der Waals surface area (Å²) < 4.78 is 16.2. The normalized spacial score (nSPS) is 40.7. The molecule has 0 bridgehead atoms. The van der Waals surface area contributed by atoms with E-state index >= 15 is 0 Å². The molecule has 0 radical (unpaired) electrons. The Bertz CT molecular complexity index is 674. The van der Waals surface area contributed by atoms with Crippen molar-refractivity contribution in [1.82, 2.24) is 0 Å². The molecular weight excluding hydrogens is 500 g/mol. The molecule has 1 unspecified atom stereocenters. The van der Waals surface area contributed by atoms with Crippen LogP contribution in [-0.2, 0) is 14.2 Å². The van der Waals surface area contributed by atoms with E-state index in [0.29, 0.717) is 0 Å². The first-order valence-electron chi connectivity index (χ1n) is 12.4. The molecule has 0 amide bonds. The lowest BCUT2D eigenvalue weighted by Crippen LogP contribution is -2.60. The second-order valence-corrected chi connectivity index (χ2v) is 11.3. The molecule has 220 valence electrons. The van der Waals surface area contributed by atoms with E-state index in [1.54, 1.807) is 0 Å². The Morgan fingerprint density at radius 1 is 0.757 bits per heavy atom. The quantitative estimate of drug-likeness (QED) is 0.117. The van der Waals surface area contributed by atoms with E-state index < -0.39 is 98.7 Å². The fraction of sp³-hybridized carbons (Fsp3) is 1.00. The molecule has 11 N–H and O–H groups in total. The molecule has 0 aromatic carbocycles. The molecule has 0 aromatic heterocycles. The number of aliphatic hydroxyl groups is 11. The van der Waals surface area contributed by atoms with Crippen LogP contribution in [0.2, 0.25) is 0 Å². The molecule has 0 aromatic rings. The average molecular weight is 545 g/mol. The molecule has 2 fully saturated rings. The van der Waals surface area contributed by atoms with E-state index in [4.69, 9.17) is 14.2 Å². The van der Waals surface area contributed by atoms with Crippen LogP contribution in [0.25, 0.3) is 0 Å². The highest BCUT2D eigenvalue weighted by atomic mass is 16.7. The highest BCUT2D eigenvalue weighted by Crippen LogP contribution is 2.30. The van der Waals surface area contributed by atoms with Crippen LogP contribution in [0, 0.1) is 11.3 Å². The first kappa shape index (κ1) is 32.7. The maximum atomic E-state index is 10.4. The molecule has 14 atom stereocenters. The van der Waals surface area contributed by atoms with Crippen molar-refractivity contribution < 1.29 is 70.4 Å². The van der Waals surface area contributed by atoms with Crippen molar-refractivity contribution in [2.45, 2.75) is 113 Å². The van der Waals surface area contributed by atoms with Crippen LogP contribution in [-0.4, -0.2) is 156 Å². The smallest absolute Gasteiger partial charge is 0.186 e. The Balaban J connectivity index is 1.94. The summed E-state index contributed by atoms with van der Waals surface area (Å²) in [7, 11) is 0. The minimum atomic E-state index is -1.76. The summed E-state index contributed by atoms with van der Waals surface area (Å²) in [5, 5.41) is 111. The van der Waals surface area contributed by atoms with Gasteiger partial charge < -0.3 is 70.4 Å². The van der Waals surface area contributed by atoms with Crippen LogP contribution in [0.3, 0.4) is 0 Å². The van der Waals surface area contributed by atoms with Crippen LogP contribution in [0.15, 0.2) is 0 Å². The van der Waals surface area contributed by atoms with Crippen molar-refractivity contribution in [2.24, 2.45) is 11.3 Å². The number of ether oxygens (including phenoxy) is 3. The van der Waals surface area contributed by atoms with Gasteiger partial charge in [-0.3, -0.25) is 0 Å². The van der Waals surface area contributed by atoms with Gasteiger partial charge in [0.1, 0.15) is 54.9 Å². The summed E-state index contributed by atoms with van der Waals surface area (Å²) in [4.78, 5) is 0. The van der Waals surface area contributed by atoms with Gasteiger partial charge in [-0.25, -0.2) is 0 Å². The predicted octanol–water partition coefficient (Wildman–Crippen LogP) is -4.83. The van der Waals surface area contributed by atoms with Crippen molar-refractivity contribution in [3.63, 3.8) is 0 Å². The van der Waals surface area contributed by atoms with Gasteiger partial charge in [0.15, 0.2) is 6.29 Å². The third-order valence-electron chi connectivity index (χ3n) is 6.86. The van der Waals surface area contributed by atoms with E-state index in [1.807, 2.05) is 20.8 Å². The highest BCUT2D eigenvalue weighted by molar-refractivity contribution is 4.95. The van der Waals surface area contributed by atoms with Crippen LogP contribution >= 0.6 is 0 Å². The van der Waals surface area contributed by atoms with E-state index in [0.717, 1.165) is 0 Å². The third kappa shape index (κ3) is 8.46. The van der Waals surface area contributed by atoms with Crippen molar-refractivity contribution in [3.05, 3.63) is 0 Å². The van der Waals surface area contributed by atoms with E-state index in [9.17, 15) is 56.2 Å². The lowest BCUT2D eigenvalue weighted by molar-refractivity contribution is -0.307. The molecule has 1 saturated heterocycles. The van der Waals surface area contributed by atoms with Crippen molar-refractivity contribution in [2.75, 3.05) is 19.8 Å². The molecule has 2 aliphatic rings. The van der Waals surface area contributed by atoms with Gasteiger partial charge in [-0.05, 0) is 18.3 Å². The number of aliphatic hydroxyl groups excluding tert-OH is 11. The highest BCUT2D eigenvalue weighted by Gasteiger charge is 2.47. The third-order valence-corrected chi connectivity index (χ3v) is 6.86. The zero-order valence-corrected chi connectivity index (χ0v) is 21.3. The van der Waals surface area contributed by atoms with E-state index in [1.165, 1.54) is 0 Å². The minimum Gasteiger partial charge on any atom is -0.394 e. The summed E-state index contributed by atoms with van der Waals surface area (Å²) in [6.45, 7) is 3.90. The monoisotopic (exact) mass is 544 g/mol. The lowest BCUT2D eigenvalue weighted by atomic mass is 9.81. The SMILES string of the molecule is CC(C)(C)C[C@H](O)[C@@H](O)[C@H](O)C(O)CO[C@@H]1C[C@H](CO[C@@H]2O[C@H](CO)[C@@H](O)[C@H](O)[C@H]2O)[C@@H](O)[C@H](O)[C@H]1O. The van der Waals surface area contributed by atoms with Crippen LogP contribution in [0.1, 0.15) is 33.6 Å². The Morgan fingerprint density at radius 3 is 1.89 bits per heavy atom. The van der Waals surface area contributed by atoms with Crippen LogP contribution < -0.4 is 0 Å². The Kier molecular flexibility index (Phi) is 12.1. The van der Waals surface area contributed by atoms with Gasteiger partial charge in [-0.15, -0.1) is 0 Å². The van der Waals surface area contributed by atoms with E-state index in [-0.39, 0.29) is 24.9 Å². The van der Waals surface area contributed by atoms with Crippen LogP contribution in [0.5, 0.6) is 0 Å². The molecule has 1 aliphatic carbocycles. The zero-order valence-electron chi connectivity index (χ0n) is 21.3. The van der Waals surface area contributed by atoms with Gasteiger partial charge in [0, 0.05) is 5.92 Å². The molecule has 14 heteroatoms. The molecule has 37 heavy (non-hydrogen) atoms. The van der Waals surface area contributed by atoms with Gasteiger partial charge in [0.25, 0.3) is 0 Å². The number of hydrogen-bond acceptors (Lipinski definition) is 14. The summed E-state index contributed by atoms with van der Waals surface area (Å²) in [6, 6.07) is 0.